The number of rotatable bonds is 5. The van der Waals surface area contributed by atoms with E-state index in [2.05, 4.69) is 42.6 Å². The molecule has 3 N–H and O–H groups in total. The zero-order valence-corrected chi connectivity index (χ0v) is 12.4. The molecule has 19 heavy (non-hydrogen) atoms. The summed E-state index contributed by atoms with van der Waals surface area (Å²) in [6.45, 7) is 3.00. The smallest absolute Gasteiger partial charge is 0.0674 e. The molecule has 2 rings (SSSR count). The van der Waals surface area contributed by atoms with Gasteiger partial charge in [0.05, 0.1) is 12.2 Å². The van der Waals surface area contributed by atoms with Gasteiger partial charge in [-0.05, 0) is 33.9 Å². The van der Waals surface area contributed by atoms with Crippen LogP contribution in [0.15, 0.2) is 12.4 Å². The average Bonchev–Trinajstić information content (AvgIpc) is 2.89. The van der Waals surface area contributed by atoms with Gasteiger partial charge in [0.15, 0.2) is 0 Å². The molecule has 0 aromatic carbocycles. The van der Waals surface area contributed by atoms with Gasteiger partial charge in [-0.15, -0.1) is 0 Å². The van der Waals surface area contributed by atoms with Crippen LogP contribution in [0.1, 0.15) is 50.6 Å². The molecule has 1 unspecified atom stereocenters. The Morgan fingerprint density at radius 1 is 1.42 bits per heavy atom. The fourth-order valence-electron chi connectivity index (χ4n) is 3.42. The van der Waals surface area contributed by atoms with Gasteiger partial charge in [0, 0.05) is 23.8 Å². The third kappa shape index (κ3) is 2.68. The Balaban J connectivity index is 2.31. The highest BCUT2D eigenvalue weighted by molar-refractivity contribution is 5.18. The zero-order chi connectivity index (χ0) is 13.9. The van der Waals surface area contributed by atoms with Crippen molar-refractivity contribution in [1.29, 1.82) is 0 Å². The molecule has 1 atom stereocenters. The van der Waals surface area contributed by atoms with Gasteiger partial charge in [0.2, 0.25) is 0 Å². The lowest BCUT2D eigenvalue weighted by molar-refractivity contribution is 0.0564. The predicted molar refractivity (Wildman–Crippen MR) is 77.5 cm³/mol. The van der Waals surface area contributed by atoms with E-state index in [1.807, 2.05) is 10.9 Å². The molecular formula is C14H27N5. The third-order valence-electron chi connectivity index (χ3n) is 4.62. The molecule has 0 spiro atoms. The zero-order valence-electron chi connectivity index (χ0n) is 12.4. The van der Waals surface area contributed by atoms with Crippen LogP contribution in [0.25, 0.3) is 0 Å². The first-order valence-electron chi connectivity index (χ1n) is 7.30. The molecule has 108 valence electrons. The number of hydrogen-bond acceptors (Lipinski definition) is 4. The third-order valence-corrected chi connectivity index (χ3v) is 4.62. The lowest BCUT2D eigenvalue weighted by Crippen LogP contribution is -2.56. The van der Waals surface area contributed by atoms with E-state index < -0.39 is 0 Å². The van der Waals surface area contributed by atoms with Crippen LogP contribution >= 0.6 is 0 Å². The molecule has 1 heterocycles. The minimum absolute atomic E-state index is 0.106. The number of aryl methyl sites for hydroxylation is 1. The van der Waals surface area contributed by atoms with E-state index in [9.17, 15) is 0 Å². The summed E-state index contributed by atoms with van der Waals surface area (Å²) in [5.41, 5.74) is 4.35. The Bertz CT molecular complexity index is 392. The molecular weight excluding hydrogens is 238 g/mol. The van der Waals surface area contributed by atoms with Crippen LogP contribution < -0.4 is 11.3 Å². The van der Waals surface area contributed by atoms with Crippen molar-refractivity contribution in [1.82, 2.24) is 20.1 Å². The molecule has 1 aromatic rings. The fraction of sp³-hybridized carbons (Fsp3) is 0.786. The molecule has 5 nitrogen and oxygen atoms in total. The Hall–Kier alpha value is -0.910. The fourth-order valence-corrected chi connectivity index (χ4v) is 3.42. The maximum absolute atomic E-state index is 5.90. The maximum atomic E-state index is 5.90. The van der Waals surface area contributed by atoms with Gasteiger partial charge in [-0.1, -0.05) is 19.3 Å². The molecule has 1 aromatic heterocycles. The van der Waals surface area contributed by atoms with Crippen molar-refractivity contribution in [3.05, 3.63) is 18.0 Å². The standard InChI is InChI=1S/C14H27N5/c1-4-19-11-12(10-16-19)13(17-15)14(18(2)3)8-6-5-7-9-14/h10-11,13,17H,4-9,15H2,1-3H3. The van der Waals surface area contributed by atoms with Gasteiger partial charge in [0.25, 0.3) is 0 Å². The number of nitrogens with one attached hydrogen (secondary N) is 1. The van der Waals surface area contributed by atoms with Gasteiger partial charge >= 0.3 is 0 Å². The minimum Gasteiger partial charge on any atom is -0.302 e. The molecule has 0 amide bonds. The summed E-state index contributed by atoms with van der Waals surface area (Å²) < 4.78 is 1.96. The van der Waals surface area contributed by atoms with E-state index in [0.717, 1.165) is 6.54 Å². The summed E-state index contributed by atoms with van der Waals surface area (Å²) >= 11 is 0. The summed E-state index contributed by atoms with van der Waals surface area (Å²) in [6.07, 6.45) is 10.3. The highest BCUT2D eigenvalue weighted by atomic mass is 15.3. The largest absolute Gasteiger partial charge is 0.302 e. The summed E-state index contributed by atoms with van der Waals surface area (Å²) in [6, 6.07) is 0.142. The van der Waals surface area contributed by atoms with Crippen molar-refractivity contribution in [3.8, 4) is 0 Å². The lowest BCUT2D eigenvalue weighted by Gasteiger charge is -2.48. The van der Waals surface area contributed by atoms with E-state index in [-0.39, 0.29) is 11.6 Å². The van der Waals surface area contributed by atoms with Gasteiger partial charge < -0.3 is 4.90 Å². The summed E-state index contributed by atoms with van der Waals surface area (Å²) in [5.74, 6) is 5.90. The van der Waals surface area contributed by atoms with Gasteiger partial charge in [0.1, 0.15) is 0 Å². The van der Waals surface area contributed by atoms with Gasteiger partial charge in [-0.25, -0.2) is 0 Å². The predicted octanol–water partition coefficient (Wildman–Crippen LogP) is 1.67. The molecule has 1 fully saturated rings. The van der Waals surface area contributed by atoms with Crippen LogP contribution in [0, 0.1) is 0 Å². The van der Waals surface area contributed by atoms with Crippen LogP contribution in [0.2, 0.25) is 0 Å². The quantitative estimate of drug-likeness (QED) is 0.628. The number of aromatic nitrogens is 2. The van der Waals surface area contributed by atoms with Crippen molar-refractivity contribution in [2.75, 3.05) is 14.1 Å². The molecule has 5 heteroatoms. The molecule has 0 saturated heterocycles. The highest BCUT2D eigenvalue weighted by Crippen LogP contribution is 2.41. The van der Waals surface area contributed by atoms with Crippen molar-refractivity contribution in [2.45, 2.75) is 57.2 Å². The minimum atomic E-state index is 0.106. The Kier molecular flexibility index (Phi) is 4.60. The molecule has 0 aliphatic heterocycles. The Morgan fingerprint density at radius 2 is 2.11 bits per heavy atom. The first kappa shape index (κ1) is 14.5. The van der Waals surface area contributed by atoms with Crippen molar-refractivity contribution >= 4 is 0 Å². The first-order valence-corrected chi connectivity index (χ1v) is 7.30. The number of nitrogens with two attached hydrogens (primary N) is 1. The SMILES string of the molecule is CCn1cc(C(NN)C2(N(C)C)CCCCC2)cn1. The van der Waals surface area contributed by atoms with Crippen molar-refractivity contribution in [3.63, 3.8) is 0 Å². The van der Waals surface area contributed by atoms with Gasteiger partial charge in [-0.2, -0.15) is 5.10 Å². The Labute approximate surface area is 116 Å². The molecule has 1 aliphatic carbocycles. The first-order chi connectivity index (χ1) is 9.14. The molecule has 1 aliphatic rings. The van der Waals surface area contributed by atoms with Gasteiger partial charge in [-0.3, -0.25) is 16.0 Å². The van der Waals surface area contributed by atoms with Crippen LogP contribution in [0.5, 0.6) is 0 Å². The van der Waals surface area contributed by atoms with E-state index in [1.54, 1.807) is 0 Å². The van der Waals surface area contributed by atoms with Crippen molar-refractivity contribution in [2.24, 2.45) is 5.84 Å². The van der Waals surface area contributed by atoms with E-state index in [0.29, 0.717) is 0 Å². The number of nitrogens with zero attached hydrogens (tertiary/aromatic N) is 3. The van der Waals surface area contributed by atoms with E-state index in [1.165, 1.54) is 37.7 Å². The molecule has 0 bridgehead atoms. The topological polar surface area (TPSA) is 59.1 Å². The highest BCUT2D eigenvalue weighted by Gasteiger charge is 2.42. The van der Waals surface area contributed by atoms with E-state index >= 15 is 0 Å². The second-order valence-electron chi connectivity index (χ2n) is 5.79. The van der Waals surface area contributed by atoms with E-state index in [4.69, 9.17) is 5.84 Å². The second-order valence-corrected chi connectivity index (χ2v) is 5.79. The monoisotopic (exact) mass is 265 g/mol. The summed E-state index contributed by atoms with van der Waals surface area (Å²) in [4.78, 5) is 2.35. The van der Waals surface area contributed by atoms with Crippen LogP contribution in [0.4, 0.5) is 0 Å². The Morgan fingerprint density at radius 3 is 2.58 bits per heavy atom. The normalized spacial score (nSPS) is 20.7. The summed E-state index contributed by atoms with van der Waals surface area (Å²) in [5, 5.41) is 4.39. The number of hydrogen-bond donors (Lipinski definition) is 2. The van der Waals surface area contributed by atoms with Crippen molar-refractivity contribution < 1.29 is 0 Å². The molecule has 0 radical (unpaired) electrons. The molecule has 1 saturated carbocycles. The van der Waals surface area contributed by atoms with Crippen LogP contribution in [-0.4, -0.2) is 34.3 Å². The summed E-state index contributed by atoms with van der Waals surface area (Å²) in [7, 11) is 4.33. The lowest BCUT2D eigenvalue weighted by atomic mass is 9.74. The average molecular weight is 265 g/mol. The van der Waals surface area contributed by atoms with Crippen LogP contribution in [0.3, 0.4) is 0 Å². The van der Waals surface area contributed by atoms with Crippen LogP contribution in [-0.2, 0) is 6.54 Å². The number of likely N-dealkylation sites (N-methyl/N-ethyl adjacent to an activating group) is 1. The number of hydrazine groups is 1. The second kappa shape index (κ2) is 6.03. The maximum Gasteiger partial charge on any atom is 0.0674 e.